The van der Waals surface area contributed by atoms with Crippen LogP contribution in [0.4, 0.5) is 0 Å². The maximum Gasteiger partial charge on any atom is -0.000397 e. The fraction of sp³-hybridized carbons (Fsp3) is 1.00. The molecule has 0 aromatic carbocycles. The van der Waals surface area contributed by atoms with Crippen LogP contribution in [0.1, 0.15) is 13.8 Å². The largest absolute Gasteiger partial charge is 0.777 e. The Morgan fingerprint density at radius 2 is 1.62 bits per heavy atom. The molecule has 1 nitrogen and oxygen atoms in total. The lowest BCUT2D eigenvalue weighted by Gasteiger charge is -2.32. The van der Waals surface area contributed by atoms with Crippen LogP contribution < -0.4 is 0 Å². The van der Waals surface area contributed by atoms with Crippen LogP contribution >= 0.6 is 0 Å². The zero-order valence-corrected chi connectivity index (χ0v) is 6.89. The van der Waals surface area contributed by atoms with Crippen molar-refractivity contribution in [1.82, 2.24) is 4.90 Å². The smallest absolute Gasteiger partial charge is 0.000397 e. The Balaban J connectivity index is 3.35. The molecular formula is C5H11NS2-2. The highest BCUT2D eigenvalue weighted by molar-refractivity contribution is 7.59. The van der Waals surface area contributed by atoms with Crippen molar-refractivity contribution in [1.29, 1.82) is 0 Å². The summed E-state index contributed by atoms with van der Waals surface area (Å²) in [5, 5.41) is 0. The van der Waals surface area contributed by atoms with Crippen LogP contribution in [-0.4, -0.2) is 22.7 Å². The Hall–Kier alpha value is 0.660. The van der Waals surface area contributed by atoms with Crippen LogP contribution in [0, 0.1) is 0 Å². The maximum atomic E-state index is 4.81. The third-order valence-corrected chi connectivity index (χ3v) is 1.73. The van der Waals surface area contributed by atoms with Crippen molar-refractivity contribution < 1.29 is 0 Å². The molecular weight excluding hydrogens is 138 g/mol. The minimum Gasteiger partial charge on any atom is -0.777 e. The molecule has 0 saturated carbocycles. The van der Waals surface area contributed by atoms with Crippen molar-refractivity contribution in [3.63, 3.8) is 0 Å². The van der Waals surface area contributed by atoms with Crippen molar-refractivity contribution in [2.75, 3.05) is 11.8 Å². The molecule has 0 aliphatic rings. The first-order chi connectivity index (χ1) is 3.72. The number of nitrogens with zero attached hydrogens (tertiary/aromatic N) is 1. The van der Waals surface area contributed by atoms with Gasteiger partial charge in [0.05, 0.1) is 0 Å². The highest BCUT2D eigenvalue weighted by Crippen LogP contribution is 1.93. The third-order valence-electron chi connectivity index (χ3n) is 1.06. The third kappa shape index (κ3) is 2.84. The summed E-state index contributed by atoms with van der Waals surface area (Å²) in [6.07, 6.45) is 0. The highest BCUT2D eigenvalue weighted by Gasteiger charge is 1.93. The SMILES string of the molecule is CC(C)N(C[S-])C[S-]. The molecule has 0 spiro atoms. The Morgan fingerprint density at radius 3 is 1.62 bits per heavy atom. The topological polar surface area (TPSA) is 3.24 Å². The van der Waals surface area contributed by atoms with E-state index in [4.69, 9.17) is 25.3 Å². The van der Waals surface area contributed by atoms with E-state index in [9.17, 15) is 0 Å². The van der Waals surface area contributed by atoms with Crippen LogP contribution in [0.15, 0.2) is 0 Å². The van der Waals surface area contributed by atoms with Gasteiger partial charge in [-0.3, -0.25) is 0 Å². The van der Waals surface area contributed by atoms with Gasteiger partial charge in [-0.25, -0.2) is 0 Å². The molecule has 0 fully saturated rings. The van der Waals surface area contributed by atoms with Gasteiger partial charge in [0.25, 0.3) is 0 Å². The van der Waals surface area contributed by atoms with Crippen LogP contribution in [-0.2, 0) is 25.3 Å². The van der Waals surface area contributed by atoms with E-state index in [0.717, 1.165) is 0 Å². The van der Waals surface area contributed by atoms with Crippen molar-refractivity contribution >= 4 is 25.3 Å². The lowest BCUT2D eigenvalue weighted by Crippen LogP contribution is -2.30. The Bertz CT molecular complexity index is 52.4. The summed E-state index contributed by atoms with van der Waals surface area (Å²) >= 11 is 9.62. The number of hydrogen-bond donors (Lipinski definition) is 0. The van der Waals surface area contributed by atoms with Gasteiger partial charge in [0.2, 0.25) is 0 Å². The average molecular weight is 149 g/mol. The van der Waals surface area contributed by atoms with Gasteiger partial charge in [-0.2, -0.15) is 0 Å². The number of rotatable bonds is 3. The lowest BCUT2D eigenvalue weighted by atomic mass is 10.4. The van der Waals surface area contributed by atoms with Crippen molar-refractivity contribution in [3.8, 4) is 0 Å². The zero-order chi connectivity index (χ0) is 6.57. The predicted octanol–water partition coefficient (Wildman–Crippen LogP) is 0.706. The minimum atomic E-state index is 0.505. The summed E-state index contributed by atoms with van der Waals surface area (Å²) in [5.74, 6) is 1.31. The summed E-state index contributed by atoms with van der Waals surface area (Å²) in [4.78, 5) is 2.05. The first-order valence-electron chi connectivity index (χ1n) is 2.62. The molecule has 0 unspecified atom stereocenters. The summed E-state index contributed by atoms with van der Waals surface area (Å²) in [6.45, 7) is 4.19. The summed E-state index contributed by atoms with van der Waals surface area (Å²) in [7, 11) is 0. The molecule has 0 heterocycles. The molecule has 0 N–H and O–H groups in total. The molecule has 0 saturated heterocycles. The molecule has 0 aromatic heterocycles. The fourth-order valence-electron chi connectivity index (χ4n) is 0.335. The molecule has 0 radical (unpaired) electrons. The van der Waals surface area contributed by atoms with Gasteiger partial charge in [0.1, 0.15) is 0 Å². The van der Waals surface area contributed by atoms with Gasteiger partial charge in [-0.15, -0.1) is 11.8 Å². The van der Waals surface area contributed by atoms with Gasteiger partial charge >= 0.3 is 0 Å². The van der Waals surface area contributed by atoms with E-state index < -0.39 is 0 Å². The Morgan fingerprint density at radius 1 is 1.25 bits per heavy atom. The molecule has 50 valence electrons. The van der Waals surface area contributed by atoms with Crippen molar-refractivity contribution in [3.05, 3.63) is 0 Å². The molecule has 8 heavy (non-hydrogen) atoms. The zero-order valence-electron chi connectivity index (χ0n) is 5.26. The quantitative estimate of drug-likeness (QED) is 0.544. The van der Waals surface area contributed by atoms with E-state index in [1.54, 1.807) is 0 Å². The van der Waals surface area contributed by atoms with Gasteiger partial charge in [-0.1, -0.05) is 0 Å². The van der Waals surface area contributed by atoms with E-state index in [0.29, 0.717) is 17.8 Å². The Labute approximate surface area is 62.3 Å². The van der Waals surface area contributed by atoms with E-state index in [2.05, 4.69) is 13.8 Å². The van der Waals surface area contributed by atoms with E-state index >= 15 is 0 Å². The summed E-state index contributed by atoms with van der Waals surface area (Å²) in [5.41, 5.74) is 0. The van der Waals surface area contributed by atoms with E-state index in [1.807, 2.05) is 4.90 Å². The second kappa shape index (κ2) is 4.53. The van der Waals surface area contributed by atoms with Gasteiger partial charge in [0.15, 0.2) is 0 Å². The molecule has 0 atom stereocenters. The number of hydrogen-bond acceptors (Lipinski definition) is 3. The highest BCUT2D eigenvalue weighted by atomic mass is 32.1. The molecule has 0 amide bonds. The normalized spacial score (nSPS) is 11.2. The van der Waals surface area contributed by atoms with Gasteiger partial charge in [-0.05, 0) is 19.9 Å². The van der Waals surface area contributed by atoms with Crippen molar-refractivity contribution in [2.45, 2.75) is 19.9 Å². The first kappa shape index (κ1) is 8.66. The Kier molecular flexibility index (Phi) is 4.90. The average Bonchev–Trinajstić information content (AvgIpc) is 1.69. The lowest BCUT2D eigenvalue weighted by molar-refractivity contribution is 0.310. The molecule has 3 heteroatoms. The van der Waals surface area contributed by atoms with Gasteiger partial charge in [0, 0.05) is 0 Å². The van der Waals surface area contributed by atoms with Crippen LogP contribution in [0.25, 0.3) is 0 Å². The second-order valence-electron chi connectivity index (χ2n) is 1.94. The van der Waals surface area contributed by atoms with E-state index in [1.165, 1.54) is 0 Å². The van der Waals surface area contributed by atoms with Gasteiger partial charge < -0.3 is 30.2 Å². The second-order valence-corrected chi connectivity index (χ2v) is 2.46. The molecule has 0 aliphatic heterocycles. The predicted molar refractivity (Wildman–Crippen MR) is 41.4 cm³/mol. The van der Waals surface area contributed by atoms with Crippen LogP contribution in [0.5, 0.6) is 0 Å². The van der Waals surface area contributed by atoms with E-state index in [-0.39, 0.29) is 0 Å². The molecule has 0 aliphatic carbocycles. The first-order valence-corrected chi connectivity index (χ1v) is 3.78. The minimum absolute atomic E-state index is 0.505. The standard InChI is InChI=1S/C5H13NS2/c1-5(2)6(3-7)4-8/h5,7-8H,3-4H2,1-2H3/p-2. The fourth-order valence-corrected chi connectivity index (χ4v) is 1.23. The summed E-state index contributed by atoms with van der Waals surface area (Å²) < 4.78 is 0. The molecule has 0 aromatic rings. The summed E-state index contributed by atoms with van der Waals surface area (Å²) in [6, 6.07) is 0.505. The van der Waals surface area contributed by atoms with Crippen LogP contribution in [0.2, 0.25) is 0 Å². The molecule has 0 bridgehead atoms. The maximum absolute atomic E-state index is 4.81. The molecule has 0 rings (SSSR count). The van der Waals surface area contributed by atoms with Crippen LogP contribution in [0.3, 0.4) is 0 Å². The van der Waals surface area contributed by atoms with Crippen molar-refractivity contribution in [2.24, 2.45) is 0 Å². The monoisotopic (exact) mass is 149 g/mol.